The maximum Gasteiger partial charge on any atom is 0.287 e. The van der Waals surface area contributed by atoms with Crippen molar-refractivity contribution in [2.75, 3.05) is 13.2 Å². The van der Waals surface area contributed by atoms with Crippen molar-refractivity contribution in [3.8, 4) is 0 Å². The summed E-state index contributed by atoms with van der Waals surface area (Å²) in [7, 11) is 0. The molecule has 88 valence electrons. The van der Waals surface area contributed by atoms with Gasteiger partial charge in [-0.05, 0) is 25.0 Å². The maximum absolute atomic E-state index is 11.7. The van der Waals surface area contributed by atoms with Crippen LogP contribution in [0.15, 0.2) is 16.5 Å². The lowest BCUT2D eigenvalue weighted by molar-refractivity contribution is 0.0834. The van der Waals surface area contributed by atoms with Crippen LogP contribution in [0.5, 0.6) is 0 Å². The molecule has 2 heterocycles. The van der Waals surface area contributed by atoms with E-state index >= 15 is 0 Å². The first-order valence-electron chi connectivity index (χ1n) is 5.78. The van der Waals surface area contributed by atoms with Gasteiger partial charge in [0.2, 0.25) is 0 Å². The van der Waals surface area contributed by atoms with Crippen LogP contribution in [0, 0.1) is 0 Å². The molecule has 2 rings (SSSR count). The molecule has 0 unspecified atom stereocenters. The van der Waals surface area contributed by atoms with Crippen molar-refractivity contribution in [3.63, 3.8) is 0 Å². The molecule has 4 heteroatoms. The summed E-state index contributed by atoms with van der Waals surface area (Å²) < 4.78 is 10.8. The zero-order valence-electron chi connectivity index (χ0n) is 9.49. The second-order valence-corrected chi connectivity index (χ2v) is 3.96. The van der Waals surface area contributed by atoms with Crippen LogP contribution < -0.4 is 5.32 Å². The van der Waals surface area contributed by atoms with Crippen molar-refractivity contribution in [3.05, 3.63) is 23.7 Å². The minimum Gasteiger partial charge on any atom is -0.456 e. The van der Waals surface area contributed by atoms with Crippen molar-refractivity contribution in [1.82, 2.24) is 5.32 Å². The third-order valence-corrected chi connectivity index (χ3v) is 2.75. The molecular weight excluding hydrogens is 206 g/mol. The van der Waals surface area contributed by atoms with Gasteiger partial charge in [0.15, 0.2) is 5.76 Å². The van der Waals surface area contributed by atoms with Crippen LogP contribution in [0.2, 0.25) is 0 Å². The van der Waals surface area contributed by atoms with Crippen LogP contribution in [0.25, 0.3) is 0 Å². The van der Waals surface area contributed by atoms with Gasteiger partial charge in [-0.1, -0.05) is 6.92 Å². The molecule has 1 N–H and O–H groups in total. The number of amides is 1. The second-order valence-electron chi connectivity index (χ2n) is 3.96. The smallest absolute Gasteiger partial charge is 0.287 e. The Labute approximate surface area is 95.0 Å². The highest BCUT2D eigenvalue weighted by Crippen LogP contribution is 2.12. The van der Waals surface area contributed by atoms with E-state index in [9.17, 15) is 4.79 Å². The lowest BCUT2D eigenvalue weighted by Gasteiger charge is -2.09. The van der Waals surface area contributed by atoms with Crippen LogP contribution in [0.4, 0.5) is 0 Å². The predicted octanol–water partition coefficient (Wildman–Crippen LogP) is 1.75. The molecule has 0 spiro atoms. The van der Waals surface area contributed by atoms with Crippen LogP contribution in [0.1, 0.15) is 36.1 Å². The van der Waals surface area contributed by atoms with Gasteiger partial charge in [0.1, 0.15) is 5.76 Å². The summed E-state index contributed by atoms with van der Waals surface area (Å²) in [6.45, 7) is 3.37. The summed E-state index contributed by atoms with van der Waals surface area (Å²) in [5, 5.41) is 2.82. The zero-order valence-corrected chi connectivity index (χ0v) is 9.49. The number of carbonyl (C=O) groups excluding carboxylic acids is 1. The first-order chi connectivity index (χ1) is 7.79. The van der Waals surface area contributed by atoms with Gasteiger partial charge in [0.05, 0.1) is 6.10 Å². The number of hydrogen-bond acceptors (Lipinski definition) is 3. The summed E-state index contributed by atoms with van der Waals surface area (Å²) in [5.41, 5.74) is 0. The summed E-state index contributed by atoms with van der Waals surface area (Å²) in [6, 6.07) is 3.55. The Bertz CT molecular complexity index is 353. The first-order valence-corrected chi connectivity index (χ1v) is 5.78. The molecule has 1 aliphatic rings. The van der Waals surface area contributed by atoms with E-state index in [4.69, 9.17) is 9.15 Å². The number of hydrogen-bond donors (Lipinski definition) is 1. The number of nitrogens with one attached hydrogen (secondary N) is 1. The van der Waals surface area contributed by atoms with Crippen LogP contribution in [0.3, 0.4) is 0 Å². The summed E-state index contributed by atoms with van der Waals surface area (Å²) in [6.07, 6.45) is 3.09. The van der Waals surface area contributed by atoms with Gasteiger partial charge in [-0.3, -0.25) is 4.79 Å². The fraction of sp³-hybridized carbons (Fsp3) is 0.583. The molecule has 1 aromatic rings. The monoisotopic (exact) mass is 223 g/mol. The normalized spacial score (nSPS) is 19.9. The Morgan fingerprint density at radius 1 is 1.56 bits per heavy atom. The van der Waals surface area contributed by atoms with Crippen molar-refractivity contribution in [2.24, 2.45) is 0 Å². The van der Waals surface area contributed by atoms with E-state index < -0.39 is 0 Å². The standard InChI is InChI=1S/C12H17NO3/c1-2-9-5-6-11(16-9)12(14)13-8-10-4-3-7-15-10/h5-6,10H,2-4,7-8H2,1H3,(H,13,14)/t10-/m1/s1. The highest BCUT2D eigenvalue weighted by Gasteiger charge is 2.17. The molecule has 0 aromatic carbocycles. The number of furan rings is 1. The molecule has 0 aliphatic carbocycles. The molecule has 1 fully saturated rings. The Hall–Kier alpha value is -1.29. The third-order valence-electron chi connectivity index (χ3n) is 2.75. The van der Waals surface area contributed by atoms with Gasteiger partial charge < -0.3 is 14.5 Å². The van der Waals surface area contributed by atoms with Crippen molar-refractivity contribution < 1.29 is 13.9 Å². The number of aryl methyl sites for hydroxylation is 1. The minimum atomic E-state index is -0.157. The lowest BCUT2D eigenvalue weighted by Crippen LogP contribution is -2.31. The SMILES string of the molecule is CCc1ccc(C(=O)NC[C@H]2CCCO2)o1. The van der Waals surface area contributed by atoms with Crippen LogP contribution in [-0.4, -0.2) is 25.2 Å². The van der Waals surface area contributed by atoms with Gasteiger partial charge in [-0.2, -0.15) is 0 Å². The average Bonchev–Trinajstić information content (AvgIpc) is 2.96. The average molecular weight is 223 g/mol. The van der Waals surface area contributed by atoms with Crippen molar-refractivity contribution >= 4 is 5.91 Å². The zero-order chi connectivity index (χ0) is 11.4. The molecule has 0 radical (unpaired) electrons. The molecular formula is C12H17NO3. The van der Waals surface area contributed by atoms with E-state index in [0.717, 1.165) is 31.6 Å². The van der Waals surface area contributed by atoms with E-state index in [2.05, 4.69) is 5.32 Å². The van der Waals surface area contributed by atoms with E-state index in [-0.39, 0.29) is 12.0 Å². The van der Waals surface area contributed by atoms with E-state index in [1.165, 1.54) is 0 Å². The molecule has 1 aromatic heterocycles. The fourth-order valence-corrected chi connectivity index (χ4v) is 1.79. The molecule has 1 amide bonds. The van der Waals surface area contributed by atoms with Gasteiger partial charge >= 0.3 is 0 Å². The molecule has 1 saturated heterocycles. The Kier molecular flexibility index (Phi) is 3.62. The molecule has 16 heavy (non-hydrogen) atoms. The molecule has 0 bridgehead atoms. The van der Waals surface area contributed by atoms with Gasteiger partial charge in [0.25, 0.3) is 5.91 Å². The summed E-state index contributed by atoms with van der Waals surface area (Å²) >= 11 is 0. The maximum atomic E-state index is 11.7. The van der Waals surface area contributed by atoms with Crippen LogP contribution >= 0.6 is 0 Å². The largest absolute Gasteiger partial charge is 0.456 e. The molecule has 1 atom stereocenters. The lowest BCUT2D eigenvalue weighted by atomic mass is 10.2. The fourth-order valence-electron chi connectivity index (χ4n) is 1.79. The third kappa shape index (κ3) is 2.64. The number of carbonyl (C=O) groups is 1. The van der Waals surface area contributed by atoms with E-state index in [1.807, 2.05) is 13.0 Å². The van der Waals surface area contributed by atoms with Crippen molar-refractivity contribution in [1.29, 1.82) is 0 Å². The molecule has 4 nitrogen and oxygen atoms in total. The van der Waals surface area contributed by atoms with E-state index in [0.29, 0.717) is 12.3 Å². The molecule has 1 aliphatic heterocycles. The molecule has 0 saturated carbocycles. The van der Waals surface area contributed by atoms with Gasteiger partial charge in [-0.25, -0.2) is 0 Å². The second kappa shape index (κ2) is 5.16. The Morgan fingerprint density at radius 3 is 3.06 bits per heavy atom. The van der Waals surface area contributed by atoms with Gasteiger partial charge in [-0.15, -0.1) is 0 Å². The number of rotatable bonds is 4. The number of ether oxygens (including phenoxy) is 1. The quantitative estimate of drug-likeness (QED) is 0.846. The summed E-state index contributed by atoms with van der Waals surface area (Å²) in [5.74, 6) is 1.06. The van der Waals surface area contributed by atoms with Gasteiger partial charge in [0, 0.05) is 19.6 Å². The summed E-state index contributed by atoms with van der Waals surface area (Å²) in [4.78, 5) is 11.7. The van der Waals surface area contributed by atoms with Crippen LogP contribution in [-0.2, 0) is 11.2 Å². The highest BCUT2D eigenvalue weighted by molar-refractivity contribution is 5.91. The van der Waals surface area contributed by atoms with Crippen molar-refractivity contribution in [2.45, 2.75) is 32.3 Å². The predicted molar refractivity (Wildman–Crippen MR) is 59.4 cm³/mol. The topological polar surface area (TPSA) is 51.5 Å². The first kappa shape index (κ1) is 11.2. The van der Waals surface area contributed by atoms with E-state index in [1.54, 1.807) is 6.07 Å². The highest BCUT2D eigenvalue weighted by atomic mass is 16.5. The Morgan fingerprint density at radius 2 is 2.44 bits per heavy atom. The minimum absolute atomic E-state index is 0.157. The Balaban J connectivity index is 1.82.